The zero-order chi connectivity index (χ0) is 13.3. The van der Waals surface area contributed by atoms with Gasteiger partial charge in [0.2, 0.25) is 5.91 Å². The maximum atomic E-state index is 12.4. The fraction of sp³-hybridized carbons (Fsp3) is 0.429. The van der Waals surface area contributed by atoms with Crippen LogP contribution in [-0.2, 0) is 4.79 Å². The number of nitrogens with zero attached hydrogens (tertiary/aromatic N) is 1. The number of piperidine rings is 1. The van der Waals surface area contributed by atoms with Crippen molar-refractivity contribution in [3.8, 4) is 0 Å². The number of nitrogens with one attached hydrogen (secondary N) is 3. The number of carbonyl (C=O) groups excluding carboxylic acids is 1. The molecule has 0 saturated carbocycles. The Balaban J connectivity index is 1.78. The number of carbonyl (C=O) groups is 1. The maximum absolute atomic E-state index is 12.4. The van der Waals surface area contributed by atoms with E-state index in [1.54, 1.807) is 6.20 Å². The molecule has 1 unspecified atom stereocenters. The van der Waals surface area contributed by atoms with Crippen molar-refractivity contribution in [1.29, 1.82) is 0 Å². The topological polar surface area (TPSA) is 69.8 Å². The molecule has 3 N–H and O–H groups in total. The fourth-order valence-corrected chi connectivity index (χ4v) is 2.55. The molecule has 0 spiro atoms. The number of rotatable bonds is 2. The quantitative estimate of drug-likeness (QED) is 0.770. The molecule has 1 aromatic carbocycles. The lowest BCUT2D eigenvalue weighted by Crippen LogP contribution is -2.46. The van der Waals surface area contributed by atoms with E-state index in [1.807, 2.05) is 25.1 Å². The summed E-state index contributed by atoms with van der Waals surface area (Å²) in [7, 11) is 0. The van der Waals surface area contributed by atoms with Crippen molar-refractivity contribution < 1.29 is 4.79 Å². The van der Waals surface area contributed by atoms with Crippen molar-refractivity contribution in [2.45, 2.75) is 19.8 Å². The van der Waals surface area contributed by atoms with Crippen molar-refractivity contribution in [2.24, 2.45) is 5.41 Å². The van der Waals surface area contributed by atoms with Crippen LogP contribution in [0.1, 0.15) is 19.8 Å². The van der Waals surface area contributed by atoms with Gasteiger partial charge in [-0.1, -0.05) is 0 Å². The van der Waals surface area contributed by atoms with E-state index in [0.29, 0.717) is 0 Å². The molecule has 0 aliphatic carbocycles. The molecular weight excluding hydrogens is 240 g/mol. The number of benzene rings is 1. The van der Waals surface area contributed by atoms with E-state index in [0.717, 1.165) is 42.5 Å². The van der Waals surface area contributed by atoms with Gasteiger partial charge in [0, 0.05) is 17.6 Å². The molecule has 5 heteroatoms. The molecule has 1 saturated heterocycles. The monoisotopic (exact) mass is 258 g/mol. The fourth-order valence-electron chi connectivity index (χ4n) is 2.55. The second-order valence-electron chi connectivity index (χ2n) is 5.47. The minimum atomic E-state index is -0.318. The van der Waals surface area contributed by atoms with E-state index in [1.165, 1.54) is 0 Å². The third-order valence-electron chi connectivity index (χ3n) is 3.85. The Morgan fingerprint density at radius 1 is 1.47 bits per heavy atom. The summed E-state index contributed by atoms with van der Waals surface area (Å²) in [6.07, 6.45) is 3.74. The normalized spacial score (nSPS) is 23.4. The van der Waals surface area contributed by atoms with Crippen LogP contribution in [0.25, 0.3) is 10.9 Å². The highest BCUT2D eigenvalue weighted by Gasteiger charge is 2.34. The highest BCUT2D eigenvalue weighted by atomic mass is 16.2. The van der Waals surface area contributed by atoms with E-state index in [4.69, 9.17) is 0 Å². The predicted octanol–water partition coefficient (Wildman–Crippen LogP) is 1.89. The summed E-state index contributed by atoms with van der Waals surface area (Å²) in [5.41, 5.74) is 1.43. The van der Waals surface area contributed by atoms with Crippen molar-refractivity contribution in [2.75, 3.05) is 18.4 Å². The Morgan fingerprint density at radius 2 is 2.37 bits per heavy atom. The van der Waals surface area contributed by atoms with Crippen LogP contribution in [0.4, 0.5) is 5.69 Å². The Bertz CT molecular complexity index is 598. The van der Waals surface area contributed by atoms with E-state index in [-0.39, 0.29) is 11.3 Å². The first kappa shape index (κ1) is 12.2. The van der Waals surface area contributed by atoms with Crippen LogP contribution in [0.3, 0.4) is 0 Å². The van der Waals surface area contributed by atoms with Crippen LogP contribution in [0.5, 0.6) is 0 Å². The van der Waals surface area contributed by atoms with Crippen molar-refractivity contribution in [1.82, 2.24) is 15.5 Å². The Kier molecular flexibility index (Phi) is 2.98. The second-order valence-corrected chi connectivity index (χ2v) is 5.47. The summed E-state index contributed by atoms with van der Waals surface area (Å²) in [6, 6.07) is 5.78. The van der Waals surface area contributed by atoms with Crippen LogP contribution in [0.15, 0.2) is 24.4 Å². The molecule has 0 bridgehead atoms. The van der Waals surface area contributed by atoms with E-state index in [9.17, 15) is 4.79 Å². The summed E-state index contributed by atoms with van der Waals surface area (Å²) >= 11 is 0. The Labute approximate surface area is 111 Å². The van der Waals surface area contributed by atoms with Crippen molar-refractivity contribution in [3.63, 3.8) is 0 Å². The first-order chi connectivity index (χ1) is 9.17. The van der Waals surface area contributed by atoms with E-state index >= 15 is 0 Å². The highest BCUT2D eigenvalue weighted by Crippen LogP contribution is 2.27. The number of hydrogen-bond donors (Lipinski definition) is 3. The minimum absolute atomic E-state index is 0.0820. The van der Waals surface area contributed by atoms with Gasteiger partial charge in [-0.3, -0.25) is 9.89 Å². The molecule has 2 aromatic rings. The maximum Gasteiger partial charge on any atom is 0.231 e. The van der Waals surface area contributed by atoms with Crippen LogP contribution in [0.2, 0.25) is 0 Å². The summed E-state index contributed by atoms with van der Waals surface area (Å²) in [4.78, 5) is 12.4. The van der Waals surface area contributed by atoms with Gasteiger partial charge in [0.25, 0.3) is 0 Å². The zero-order valence-electron chi connectivity index (χ0n) is 11.0. The lowest BCUT2D eigenvalue weighted by atomic mass is 9.82. The van der Waals surface area contributed by atoms with Gasteiger partial charge in [0.05, 0.1) is 17.1 Å². The molecule has 0 radical (unpaired) electrons. The van der Waals surface area contributed by atoms with Crippen molar-refractivity contribution in [3.05, 3.63) is 24.4 Å². The van der Waals surface area contributed by atoms with Crippen LogP contribution < -0.4 is 10.6 Å². The SMILES string of the molecule is CC1(C(=O)Nc2ccc3cn[nH]c3c2)CCCNC1. The number of aromatic amines is 1. The standard InChI is InChI=1S/C14H18N4O/c1-14(5-2-6-15-9-14)13(19)17-11-4-3-10-8-16-18-12(10)7-11/h3-4,7-8,15H,2,5-6,9H2,1H3,(H,16,18)(H,17,19). The van der Waals surface area contributed by atoms with E-state index < -0.39 is 0 Å². The van der Waals surface area contributed by atoms with Crippen molar-refractivity contribution >= 4 is 22.5 Å². The lowest BCUT2D eigenvalue weighted by Gasteiger charge is -2.32. The number of fused-ring (bicyclic) bond motifs is 1. The second kappa shape index (κ2) is 4.66. The molecule has 100 valence electrons. The average Bonchev–Trinajstić information content (AvgIpc) is 2.87. The van der Waals surface area contributed by atoms with E-state index in [2.05, 4.69) is 20.8 Å². The average molecular weight is 258 g/mol. The van der Waals surface area contributed by atoms with Gasteiger partial charge < -0.3 is 10.6 Å². The molecule has 2 heterocycles. The van der Waals surface area contributed by atoms with Gasteiger partial charge in [-0.2, -0.15) is 5.10 Å². The number of aromatic nitrogens is 2. The van der Waals surface area contributed by atoms with Gasteiger partial charge in [0.15, 0.2) is 0 Å². The molecule has 1 atom stereocenters. The molecule has 5 nitrogen and oxygen atoms in total. The molecule has 3 rings (SSSR count). The van der Waals surface area contributed by atoms with Gasteiger partial charge >= 0.3 is 0 Å². The van der Waals surface area contributed by atoms with Gasteiger partial charge in [-0.25, -0.2) is 0 Å². The van der Waals surface area contributed by atoms with Crippen LogP contribution >= 0.6 is 0 Å². The lowest BCUT2D eigenvalue weighted by molar-refractivity contribution is -0.125. The minimum Gasteiger partial charge on any atom is -0.326 e. The molecule has 1 fully saturated rings. The zero-order valence-corrected chi connectivity index (χ0v) is 11.0. The third kappa shape index (κ3) is 2.33. The van der Waals surface area contributed by atoms with Crippen LogP contribution in [0, 0.1) is 5.41 Å². The highest BCUT2D eigenvalue weighted by molar-refractivity contribution is 5.97. The first-order valence-electron chi connectivity index (χ1n) is 6.63. The third-order valence-corrected chi connectivity index (χ3v) is 3.85. The summed E-state index contributed by atoms with van der Waals surface area (Å²) < 4.78 is 0. The predicted molar refractivity (Wildman–Crippen MR) is 74.9 cm³/mol. The number of H-pyrrole nitrogens is 1. The number of anilines is 1. The molecular formula is C14H18N4O. The Hall–Kier alpha value is -1.88. The van der Waals surface area contributed by atoms with Gasteiger partial charge in [-0.05, 0) is 44.5 Å². The summed E-state index contributed by atoms with van der Waals surface area (Å²) in [5.74, 6) is 0.0820. The first-order valence-corrected chi connectivity index (χ1v) is 6.63. The number of hydrogen-bond acceptors (Lipinski definition) is 3. The smallest absolute Gasteiger partial charge is 0.231 e. The largest absolute Gasteiger partial charge is 0.326 e. The number of amides is 1. The Morgan fingerprint density at radius 3 is 3.16 bits per heavy atom. The molecule has 1 amide bonds. The molecule has 1 aliphatic heterocycles. The molecule has 1 aliphatic rings. The molecule has 1 aromatic heterocycles. The van der Waals surface area contributed by atoms with Crippen LogP contribution in [-0.4, -0.2) is 29.2 Å². The van der Waals surface area contributed by atoms with Gasteiger partial charge in [0.1, 0.15) is 0 Å². The molecule has 19 heavy (non-hydrogen) atoms. The summed E-state index contributed by atoms with van der Waals surface area (Å²) in [5, 5.41) is 14.2. The summed E-state index contributed by atoms with van der Waals surface area (Å²) in [6.45, 7) is 3.76. The van der Waals surface area contributed by atoms with Gasteiger partial charge in [-0.15, -0.1) is 0 Å².